The topological polar surface area (TPSA) is 112 Å². The molecular formula is C23H23ClN4O4S. The van der Waals surface area contributed by atoms with Gasteiger partial charge in [0.25, 0.3) is 5.56 Å². The van der Waals surface area contributed by atoms with Gasteiger partial charge in [-0.05, 0) is 56.2 Å². The highest BCUT2D eigenvalue weighted by Gasteiger charge is 2.33. The van der Waals surface area contributed by atoms with E-state index in [2.05, 4.69) is 15.3 Å². The summed E-state index contributed by atoms with van der Waals surface area (Å²) < 4.78 is 27.3. The van der Waals surface area contributed by atoms with Crippen LogP contribution < -0.4 is 10.9 Å². The molecule has 0 radical (unpaired) electrons. The second-order valence-electron chi connectivity index (χ2n) is 7.96. The molecule has 8 nitrogen and oxygen atoms in total. The van der Waals surface area contributed by atoms with Crippen LogP contribution in [0.5, 0.6) is 0 Å². The Hall–Kier alpha value is -3.01. The maximum Gasteiger partial charge on any atom is 0.251 e. The third-order valence-corrected chi connectivity index (χ3v) is 7.61. The van der Waals surface area contributed by atoms with Gasteiger partial charge in [-0.25, -0.2) is 13.4 Å². The molecule has 0 spiro atoms. The van der Waals surface area contributed by atoms with Crippen LogP contribution in [0.25, 0.3) is 11.4 Å². The van der Waals surface area contributed by atoms with Crippen molar-refractivity contribution in [1.82, 2.24) is 14.3 Å². The number of hydrogen-bond acceptors (Lipinski definition) is 5. The predicted molar refractivity (Wildman–Crippen MR) is 127 cm³/mol. The lowest BCUT2D eigenvalue weighted by atomic mass is 9.98. The Kier molecular flexibility index (Phi) is 6.64. The summed E-state index contributed by atoms with van der Waals surface area (Å²) in [6.07, 6.45) is 1.17. The zero-order valence-electron chi connectivity index (χ0n) is 17.9. The third-order valence-electron chi connectivity index (χ3n) is 5.48. The first-order valence-electron chi connectivity index (χ1n) is 10.5. The number of anilines is 1. The molecule has 1 aliphatic heterocycles. The molecule has 0 aliphatic carbocycles. The molecule has 0 saturated carbocycles. The zero-order valence-corrected chi connectivity index (χ0v) is 19.5. The van der Waals surface area contributed by atoms with Crippen molar-refractivity contribution in [3.8, 4) is 11.4 Å². The zero-order chi connectivity index (χ0) is 23.6. The van der Waals surface area contributed by atoms with Crippen molar-refractivity contribution < 1.29 is 13.2 Å². The summed E-state index contributed by atoms with van der Waals surface area (Å²) in [5.41, 5.74) is 1.53. The molecule has 1 unspecified atom stereocenters. The Morgan fingerprint density at radius 3 is 2.67 bits per heavy atom. The molecule has 2 aromatic carbocycles. The second-order valence-corrected chi connectivity index (χ2v) is 10.3. The fourth-order valence-electron chi connectivity index (χ4n) is 3.83. The number of nitrogens with zero attached hydrogens (tertiary/aromatic N) is 2. The number of nitrogens with one attached hydrogen (secondary N) is 2. The fourth-order valence-corrected chi connectivity index (χ4v) is 5.48. The highest BCUT2D eigenvalue weighted by Crippen LogP contribution is 2.26. The van der Waals surface area contributed by atoms with Gasteiger partial charge in [0.1, 0.15) is 5.82 Å². The molecule has 1 fully saturated rings. The number of aromatic nitrogens is 2. The Morgan fingerprint density at radius 2 is 1.94 bits per heavy atom. The molecule has 3 aromatic rings. The SMILES string of the molecule is Cc1cc(=O)[nH]c(-c2cccc(NC(=O)C3CCCN(S(=O)(=O)c4ccc(Cl)cc4)C3)c2)n1. The largest absolute Gasteiger partial charge is 0.326 e. The van der Waals surface area contributed by atoms with E-state index in [0.717, 1.165) is 0 Å². The first-order valence-corrected chi connectivity index (χ1v) is 12.3. The van der Waals surface area contributed by atoms with Crippen molar-refractivity contribution in [1.29, 1.82) is 0 Å². The standard InChI is InChI=1S/C23H23ClN4O4S/c1-15-12-21(29)27-22(25-15)16-4-2-6-19(13-16)26-23(30)17-5-3-11-28(14-17)33(31,32)20-9-7-18(24)8-10-20/h2,4,6-10,12-13,17H,3,5,11,14H2,1H3,(H,26,30)(H,25,27,29). The van der Waals surface area contributed by atoms with E-state index in [1.54, 1.807) is 31.2 Å². The van der Waals surface area contributed by atoms with Crippen LogP contribution >= 0.6 is 11.6 Å². The normalized spacial score (nSPS) is 17.0. The molecule has 0 bridgehead atoms. The number of carbonyl (C=O) groups excluding carboxylic acids is 1. The van der Waals surface area contributed by atoms with Gasteiger partial charge in [-0.2, -0.15) is 4.31 Å². The van der Waals surface area contributed by atoms with Gasteiger partial charge in [0.05, 0.1) is 10.8 Å². The van der Waals surface area contributed by atoms with E-state index >= 15 is 0 Å². The molecular weight excluding hydrogens is 464 g/mol. The summed E-state index contributed by atoms with van der Waals surface area (Å²) in [5.74, 6) is -0.329. The van der Waals surface area contributed by atoms with Crippen molar-refractivity contribution in [3.63, 3.8) is 0 Å². The number of aryl methyl sites for hydroxylation is 1. The smallest absolute Gasteiger partial charge is 0.251 e. The molecule has 2 N–H and O–H groups in total. The molecule has 4 rings (SSSR count). The van der Waals surface area contributed by atoms with Crippen molar-refractivity contribution in [2.45, 2.75) is 24.7 Å². The minimum absolute atomic E-state index is 0.100. The van der Waals surface area contributed by atoms with Crippen LogP contribution in [0.4, 0.5) is 5.69 Å². The molecule has 2 heterocycles. The lowest BCUT2D eigenvalue weighted by Crippen LogP contribution is -2.43. The van der Waals surface area contributed by atoms with Gasteiger partial charge < -0.3 is 10.3 Å². The maximum absolute atomic E-state index is 13.0. The molecule has 1 amide bonds. The Labute approximate surface area is 196 Å². The number of hydrogen-bond donors (Lipinski definition) is 2. The number of rotatable bonds is 5. The van der Waals surface area contributed by atoms with Gasteiger partial charge in [-0.3, -0.25) is 9.59 Å². The van der Waals surface area contributed by atoms with E-state index in [4.69, 9.17) is 11.6 Å². The molecule has 33 heavy (non-hydrogen) atoms. The number of halogens is 1. The average molecular weight is 487 g/mol. The number of carbonyl (C=O) groups is 1. The number of sulfonamides is 1. The first kappa shape index (κ1) is 23.2. The van der Waals surface area contributed by atoms with Crippen molar-refractivity contribution in [3.05, 3.63) is 75.7 Å². The minimum atomic E-state index is -3.72. The van der Waals surface area contributed by atoms with E-state index in [0.29, 0.717) is 47.2 Å². The lowest BCUT2D eigenvalue weighted by Gasteiger charge is -2.31. The number of aromatic amines is 1. The second kappa shape index (κ2) is 9.46. The third kappa shape index (κ3) is 5.32. The van der Waals surface area contributed by atoms with Gasteiger partial charge in [0, 0.05) is 41.1 Å². The molecule has 1 saturated heterocycles. The van der Waals surface area contributed by atoms with Gasteiger partial charge in [-0.1, -0.05) is 23.7 Å². The Balaban J connectivity index is 1.49. The van der Waals surface area contributed by atoms with Gasteiger partial charge in [0.15, 0.2) is 0 Å². The summed E-state index contributed by atoms with van der Waals surface area (Å²) in [6.45, 7) is 2.19. The molecule has 1 aromatic heterocycles. The van der Waals surface area contributed by atoms with Gasteiger partial charge in [0.2, 0.25) is 15.9 Å². The maximum atomic E-state index is 13.0. The van der Waals surface area contributed by atoms with E-state index in [9.17, 15) is 18.0 Å². The predicted octanol–water partition coefficient (Wildman–Crippen LogP) is 3.44. The van der Waals surface area contributed by atoms with Crippen LogP contribution in [-0.2, 0) is 14.8 Å². The summed E-state index contributed by atoms with van der Waals surface area (Å²) in [4.78, 5) is 31.9. The van der Waals surface area contributed by atoms with E-state index in [-0.39, 0.29) is 22.9 Å². The highest BCUT2D eigenvalue weighted by molar-refractivity contribution is 7.89. The average Bonchev–Trinajstić information content (AvgIpc) is 2.79. The van der Waals surface area contributed by atoms with E-state index < -0.39 is 15.9 Å². The summed E-state index contributed by atoms with van der Waals surface area (Å²) in [7, 11) is -3.72. The quantitative estimate of drug-likeness (QED) is 0.573. The van der Waals surface area contributed by atoms with Crippen molar-refractivity contribution >= 4 is 33.2 Å². The summed E-state index contributed by atoms with van der Waals surface area (Å²) in [5, 5.41) is 3.33. The lowest BCUT2D eigenvalue weighted by molar-refractivity contribution is -0.120. The van der Waals surface area contributed by atoms with Crippen LogP contribution in [-0.4, -0.2) is 41.7 Å². The summed E-state index contributed by atoms with van der Waals surface area (Å²) >= 11 is 5.87. The van der Waals surface area contributed by atoms with Gasteiger partial charge in [-0.15, -0.1) is 0 Å². The monoisotopic (exact) mass is 486 g/mol. The van der Waals surface area contributed by atoms with Crippen LogP contribution in [0.15, 0.2) is 64.3 Å². The number of piperidine rings is 1. The first-order chi connectivity index (χ1) is 15.7. The fraction of sp³-hybridized carbons (Fsp3) is 0.261. The van der Waals surface area contributed by atoms with Crippen LogP contribution in [0, 0.1) is 12.8 Å². The Morgan fingerprint density at radius 1 is 1.18 bits per heavy atom. The van der Waals surface area contributed by atoms with E-state index in [1.807, 2.05) is 0 Å². The number of H-pyrrole nitrogens is 1. The number of amides is 1. The molecule has 172 valence electrons. The molecule has 1 aliphatic rings. The summed E-state index contributed by atoms with van der Waals surface area (Å²) in [6, 6.07) is 14.4. The van der Waals surface area contributed by atoms with E-state index in [1.165, 1.54) is 34.6 Å². The highest BCUT2D eigenvalue weighted by atomic mass is 35.5. The molecule has 10 heteroatoms. The number of benzene rings is 2. The Bertz CT molecular complexity index is 1340. The van der Waals surface area contributed by atoms with Crippen molar-refractivity contribution in [2.24, 2.45) is 5.92 Å². The minimum Gasteiger partial charge on any atom is -0.326 e. The van der Waals surface area contributed by atoms with Crippen LogP contribution in [0.1, 0.15) is 18.5 Å². The van der Waals surface area contributed by atoms with Crippen molar-refractivity contribution in [2.75, 3.05) is 18.4 Å². The van der Waals surface area contributed by atoms with Gasteiger partial charge >= 0.3 is 0 Å². The molecule has 1 atom stereocenters. The van der Waals surface area contributed by atoms with Crippen LogP contribution in [0.2, 0.25) is 5.02 Å². The van der Waals surface area contributed by atoms with Crippen LogP contribution in [0.3, 0.4) is 0 Å².